The van der Waals surface area contributed by atoms with Gasteiger partial charge in [0.05, 0.1) is 0 Å². The Morgan fingerprint density at radius 1 is 1.83 bits per heavy atom. The molecule has 0 atom stereocenters. The molecule has 1 N–H and O–H groups in total. The van der Waals surface area contributed by atoms with Crippen LogP contribution in [0.3, 0.4) is 0 Å². The summed E-state index contributed by atoms with van der Waals surface area (Å²) in [5, 5.41) is 2.73. The lowest BCUT2D eigenvalue weighted by Gasteiger charge is -1.91. The third-order valence-corrected chi connectivity index (χ3v) is 0.490. The maximum atomic E-state index is 3.58. The topological polar surface area (TPSA) is 24.4 Å². The average Bonchev–Trinajstić information content (AvgIpc) is 1.72. The predicted molar refractivity (Wildman–Crippen MR) is 23.3 cm³/mol. The summed E-state index contributed by atoms with van der Waals surface area (Å²) in [5.74, 6) is 0. The van der Waals surface area contributed by atoms with Crippen molar-refractivity contribution in [3.8, 4) is 0 Å². The van der Waals surface area contributed by atoms with Gasteiger partial charge in [-0.1, -0.05) is 0 Å². The smallest absolute Gasteiger partial charge is 0.169 e. The zero-order chi connectivity index (χ0) is 4.24. The van der Waals surface area contributed by atoms with Crippen LogP contribution in [-0.4, -0.2) is 12.9 Å². The molecule has 30 valence electrons. The lowest BCUT2D eigenvalue weighted by atomic mass is 10.6. The van der Waals surface area contributed by atoms with Crippen LogP contribution in [0.4, 0.5) is 0 Å². The molecule has 0 bridgehead atoms. The third-order valence-electron chi connectivity index (χ3n) is 0.490. The maximum absolute atomic E-state index is 3.58. The van der Waals surface area contributed by atoms with Gasteiger partial charge in [0.15, 0.2) is 6.34 Å². The molecule has 1 aliphatic heterocycles. The molecule has 2 nitrogen and oxygen atoms in total. The third kappa shape index (κ3) is 0.578. The van der Waals surface area contributed by atoms with Crippen LogP contribution in [0.2, 0.25) is 0 Å². The Balaban J connectivity index is 2.46. The van der Waals surface area contributed by atoms with E-state index in [1.165, 1.54) is 0 Å². The molecule has 0 saturated carbocycles. The number of aliphatic imine (C=N–C) groups is 1. The fourth-order valence-electron chi connectivity index (χ4n) is 0.260. The molecule has 0 saturated heterocycles. The van der Waals surface area contributed by atoms with Crippen LogP contribution in [0, 0.1) is 6.08 Å². The lowest BCUT2D eigenvalue weighted by Crippen LogP contribution is -2.12. The van der Waals surface area contributed by atoms with Gasteiger partial charge in [-0.15, -0.1) is 0 Å². The SMILES string of the molecule is [C]1=CN=[C]NC1. The maximum Gasteiger partial charge on any atom is 0.169 e. The van der Waals surface area contributed by atoms with Gasteiger partial charge >= 0.3 is 0 Å². The summed E-state index contributed by atoms with van der Waals surface area (Å²) in [5.41, 5.74) is 0. The molecule has 2 heteroatoms. The summed E-state index contributed by atoms with van der Waals surface area (Å²) in [6.07, 6.45) is 6.95. The summed E-state index contributed by atoms with van der Waals surface area (Å²) < 4.78 is 0. The fraction of sp³-hybridized carbons (Fsp3) is 0.250. The van der Waals surface area contributed by atoms with E-state index in [9.17, 15) is 0 Å². The fourth-order valence-corrected chi connectivity index (χ4v) is 0.260. The van der Waals surface area contributed by atoms with Crippen molar-refractivity contribution in [2.45, 2.75) is 0 Å². The molecule has 0 aromatic rings. The highest BCUT2D eigenvalue weighted by Crippen LogP contribution is 1.72. The standard InChI is InChI=1S/C4H4N2/c1-2-5-4-6-3-1/h2H,3H2,(H,5,6). The van der Waals surface area contributed by atoms with Gasteiger partial charge in [0.2, 0.25) is 0 Å². The summed E-state index contributed by atoms with van der Waals surface area (Å²) >= 11 is 0. The normalized spacial score (nSPS) is 17.3. The highest BCUT2D eigenvalue weighted by Gasteiger charge is 1.77. The van der Waals surface area contributed by atoms with Gasteiger partial charge < -0.3 is 5.32 Å². The first-order valence-corrected chi connectivity index (χ1v) is 1.73. The van der Waals surface area contributed by atoms with E-state index in [-0.39, 0.29) is 0 Å². The van der Waals surface area contributed by atoms with Crippen molar-refractivity contribution in [3.63, 3.8) is 0 Å². The molecule has 2 radical (unpaired) electrons. The molecular weight excluding hydrogens is 76.1 g/mol. The largest absolute Gasteiger partial charge is 0.363 e. The van der Waals surface area contributed by atoms with Gasteiger partial charge in [-0.25, -0.2) is 4.99 Å². The predicted octanol–water partition coefficient (Wildman–Crippen LogP) is -0.188. The molecule has 0 spiro atoms. The van der Waals surface area contributed by atoms with Crippen LogP contribution in [0.1, 0.15) is 0 Å². The number of hydrogen-bond acceptors (Lipinski definition) is 2. The molecular formula is C4H4N2. The van der Waals surface area contributed by atoms with Crippen LogP contribution in [0.5, 0.6) is 0 Å². The van der Waals surface area contributed by atoms with Gasteiger partial charge in [0.1, 0.15) is 0 Å². The van der Waals surface area contributed by atoms with Crippen molar-refractivity contribution in [2.75, 3.05) is 6.54 Å². The number of nitrogens with one attached hydrogen (secondary N) is 1. The molecule has 0 aromatic heterocycles. The van der Waals surface area contributed by atoms with Gasteiger partial charge in [0, 0.05) is 12.7 Å². The van der Waals surface area contributed by atoms with Crippen LogP contribution < -0.4 is 5.32 Å². The average molecular weight is 80.1 g/mol. The quantitative estimate of drug-likeness (QED) is 0.428. The summed E-state index contributed by atoms with van der Waals surface area (Å²) in [4.78, 5) is 3.58. The van der Waals surface area contributed by atoms with Crippen molar-refractivity contribution in [2.24, 2.45) is 4.99 Å². The van der Waals surface area contributed by atoms with E-state index in [0.717, 1.165) is 6.54 Å². The second-order valence-electron chi connectivity index (χ2n) is 0.928. The van der Waals surface area contributed by atoms with Gasteiger partial charge in [-0.3, -0.25) is 0 Å². The zero-order valence-electron chi connectivity index (χ0n) is 3.23. The number of hydrogen-bond donors (Lipinski definition) is 1. The summed E-state index contributed by atoms with van der Waals surface area (Å²) in [6.45, 7) is 0.740. The van der Waals surface area contributed by atoms with Gasteiger partial charge in [-0.05, 0) is 6.08 Å². The molecule has 1 aliphatic rings. The Bertz CT molecular complexity index is 71.5. The van der Waals surface area contributed by atoms with E-state index < -0.39 is 0 Å². The van der Waals surface area contributed by atoms with E-state index in [1.807, 2.05) is 0 Å². The lowest BCUT2D eigenvalue weighted by molar-refractivity contribution is 1.02. The van der Waals surface area contributed by atoms with E-state index in [1.54, 1.807) is 6.20 Å². The second-order valence-corrected chi connectivity index (χ2v) is 0.928. The Kier molecular flexibility index (Phi) is 0.906. The van der Waals surface area contributed by atoms with Crippen LogP contribution in [-0.2, 0) is 0 Å². The minimum absolute atomic E-state index is 0.740. The van der Waals surface area contributed by atoms with E-state index in [0.29, 0.717) is 0 Å². The van der Waals surface area contributed by atoms with E-state index in [4.69, 9.17) is 0 Å². The van der Waals surface area contributed by atoms with Crippen LogP contribution >= 0.6 is 0 Å². The molecule has 0 amide bonds. The Labute approximate surface area is 36.6 Å². The highest BCUT2D eigenvalue weighted by atomic mass is 14.9. The van der Waals surface area contributed by atoms with Gasteiger partial charge in [0.25, 0.3) is 0 Å². The Morgan fingerprint density at radius 2 is 2.83 bits per heavy atom. The molecule has 0 fully saturated rings. The molecule has 0 aromatic carbocycles. The molecule has 1 rings (SSSR count). The first-order valence-electron chi connectivity index (χ1n) is 1.73. The van der Waals surface area contributed by atoms with Gasteiger partial charge in [-0.2, -0.15) is 0 Å². The van der Waals surface area contributed by atoms with Crippen molar-refractivity contribution < 1.29 is 0 Å². The molecule has 6 heavy (non-hydrogen) atoms. The zero-order valence-corrected chi connectivity index (χ0v) is 3.23. The monoisotopic (exact) mass is 80.0 g/mol. The Morgan fingerprint density at radius 3 is 3.00 bits per heavy atom. The molecule has 1 heterocycles. The second kappa shape index (κ2) is 1.60. The molecule has 0 aliphatic carbocycles. The van der Waals surface area contributed by atoms with Crippen molar-refractivity contribution in [1.29, 1.82) is 0 Å². The minimum Gasteiger partial charge on any atom is -0.363 e. The van der Waals surface area contributed by atoms with Crippen LogP contribution in [0.15, 0.2) is 11.2 Å². The van der Waals surface area contributed by atoms with Crippen molar-refractivity contribution in [3.05, 3.63) is 12.3 Å². The number of nitrogens with zero attached hydrogens (tertiary/aromatic N) is 1. The molecule has 0 unspecified atom stereocenters. The minimum atomic E-state index is 0.740. The van der Waals surface area contributed by atoms with Crippen LogP contribution in [0.25, 0.3) is 0 Å². The van der Waals surface area contributed by atoms with E-state index >= 15 is 0 Å². The number of rotatable bonds is 0. The van der Waals surface area contributed by atoms with Crippen molar-refractivity contribution >= 4 is 6.34 Å². The first-order chi connectivity index (χ1) is 3.00. The van der Waals surface area contributed by atoms with Crippen molar-refractivity contribution in [1.82, 2.24) is 5.32 Å². The first kappa shape index (κ1) is 3.40. The highest BCUT2D eigenvalue weighted by molar-refractivity contribution is 5.56. The summed E-state index contributed by atoms with van der Waals surface area (Å²) in [6, 6.07) is 0. The Hall–Kier alpha value is -0.790. The van der Waals surface area contributed by atoms with E-state index in [2.05, 4.69) is 22.7 Å². The summed E-state index contributed by atoms with van der Waals surface area (Å²) in [7, 11) is 0.